The third-order valence-electron chi connectivity index (χ3n) is 2.56. The monoisotopic (exact) mass is 227 g/mol. The maximum Gasteiger partial charge on any atom is 0.326 e. The number of rotatable bonds is 5. The minimum absolute atomic E-state index is 0.0427. The van der Waals surface area contributed by atoms with Gasteiger partial charge in [-0.25, -0.2) is 4.79 Å². The zero-order valence-electron chi connectivity index (χ0n) is 8.63. The van der Waals surface area contributed by atoms with Crippen LogP contribution in [0, 0.1) is 5.92 Å². The van der Waals surface area contributed by atoms with Crippen molar-refractivity contribution in [2.45, 2.75) is 18.9 Å². The summed E-state index contributed by atoms with van der Waals surface area (Å²) < 4.78 is 0. The number of carbonyl (C=O) groups excluding carboxylic acids is 1. The molecule has 0 saturated carbocycles. The number of likely N-dealkylation sites (tertiary alicyclic amines) is 1. The van der Waals surface area contributed by atoms with E-state index in [4.69, 9.17) is 10.2 Å². The largest absolute Gasteiger partial charge is 0.481 e. The average molecular weight is 227 g/mol. The molecule has 0 aromatic carbocycles. The van der Waals surface area contributed by atoms with Crippen LogP contribution in [0.3, 0.4) is 0 Å². The van der Waals surface area contributed by atoms with Gasteiger partial charge in [-0.15, -0.1) is 6.58 Å². The van der Waals surface area contributed by atoms with Crippen LogP contribution in [0.1, 0.15) is 12.8 Å². The summed E-state index contributed by atoms with van der Waals surface area (Å²) in [7, 11) is 0. The van der Waals surface area contributed by atoms with E-state index in [1.165, 1.54) is 6.08 Å². The summed E-state index contributed by atoms with van der Waals surface area (Å²) in [6.07, 6.45) is 1.39. The molecule has 1 heterocycles. The van der Waals surface area contributed by atoms with Gasteiger partial charge in [0.25, 0.3) is 0 Å². The third-order valence-corrected chi connectivity index (χ3v) is 2.56. The quantitative estimate of drug-likeness (QED) is 0.642. The van der Waals surface area contributed by atoms with Gasteiger partial charge in [-0.3, -0.25) is 9.59 Å². The van der Waals surface area contributed by atoms with E-state index in [1.807, 2.05) is 0 Å². The van der Waals surface area contributed by atoms with Gasteiger partial charge >= 0.3 is 11.9 Å². The summed E-state index contributed by atoms with van der Waals surface area (Å²) >= 11 is 0. The molecule has 0 aliphatic carbocycles. The van der Waals surface area contributed by atoms with Gasteiger partial charge in [-0.05, 0) is 6.42 Å². The zero-order valence-corrected chi connectivity index (χ0v) is 8.63. The van der Waals surface area contributed by atoms with Gasteiger partial charge in [-0.2, -0.15) is 0 Å². The Balaban J connectivity index is 2.79. The fraction of sp³-hybridized carbons (Fsp3) is 0.500. The molecule has 0 spiro atoms. The van der Waals surface area contributed by atoms with E-state index in [1.54, 1.807) is 0 Å². The first-order valence-corrected chi connectivity index (χ1v) is 4.83. The first kappa shape index (κ1) is 12.2. The number of carbonyl (C=O) groups is 3. The van der Waals surface area contributed by atoms with E-state index in [2.05, 4.69) is 6.58 Å². The number of hydrogen-bond donors (Lipinski definition) is 2. The van der Waals surface area contributed by atoms with E-state index >= 15 is 0 Å². The molecule has 6 nitrogen and oxygen atoms in total. The van der Waals surface area contributed by atoms with Crippen molar-refractivity contribution in [2.75, 3.05) is 6.54 Å². The Labute approximate surface area is 92.2 Å². The van der Waals surface area contributed by atoms with Gasteiger partial charge in [0.05, 0.1) is 5.92 Å². The summed E-state index contributed by atoms with van der Waals surface area (Å²) in [4.78, 5) is 34.2. The fourth-order valence-electron chi connectivity index (χ4n) is 1.72. The van der Waals surface area contributed by atoms with Gasteiger partial charge < -0.3 is 15.1 Å². The average Bonchev–Trinajstić information content (AvgIpc) is 2.56. The molecule has 16 heavy (non-hydrogen) atoms. The first-order chi connectivity index (χ1) is 7.47. The Kier molecular flexibility index (Phi) is 3.65. The van der Waals surface area contributed by atoms with Crippen molar-refractivity contribution in [1.82, 2.24) is 4.90 Å². The van der Waals surface area contributed by atoms with Crippen molar-refractivity contribution < 1.29 is 24.6 Å². The van der Waals surface area contributed by atoms with Crippen LogP contribution in [-0.4, -0.2) is 45.5 Å². The predicted molar refractivity (Wildman–Crippen MR) is 53.7 cm³/mol. The van der Waals surface area contributed by atoms with Crippen molar-refractivity contribution in [3.05, 3.63) is 12.7 Å². The topological polar surface area (TPSA) is 94.9 Å². The van der Waals surface area contributed by atoms with Crippen LogP contribution in [0.4, 0.5) is 0 Å². The van der Waals surface area contributed by atoms with Crippen molar-refractivity contribution in [2.24, 2.45) is 5.92 Å². The van der Waals surface area contributed by atoms with Crippen LogP contribution in [-0.2, 0) is 14.4 Å². The summed E-state index contributed by atoms with van der Waals surface area (Å²) in [5, 5.41) is 17.7. The molecule has 1 aliphatic heterocycles. The SMILES string of the molecule is C=CC[C@@H](C(=O)O)N1CC(C(=O)O)CC1=O. The third kappa shape index (κ3) is 2.39. The molecule has 0 aromatic heterocycles. The smallest absolute Gasteiger partial charge is 0.326 e. The Morgan fingerprint density at radius 2 is 2.19 bits per heavy atom. The van der Waals surface area contributed by atoms with Crippen LogP contribution < -0.4 is 0 Å². The highest BCUT2D eigenvalue weighted by Gasteiger charge is 2.39. The predicted octanol–water partition coefficient (Wildman–Crippen LogP) is -0.0512. The Morgan fingerprint density at radius 1 is 1.56 bits per heavy atom. The van der Waals surface area contributed by atoms with Crippen LogP contribution in [0.15, 0.2) is 12.7 Å². The molecule has 1 rings (SSSR count). The van der Waals surface area contributed by atoms with Gasteiger partial charge in [0.1, 0.15) is 6.04 Å². The molecule has 0 bridgehead atoms. The fourth-order valence-corrected chi connectivity index (χ4v) is 1.72. The molecule has 88 valence electrons. The van der Waals surface area contributed by atoms with Gasteiger partial charge in [0.2, 0.25) is 5.91 Å². The molecule has 1 saturated heterocycles. The molecule has 0 radical (unpaired) electrons. The van der Waals surface area contributed by atoms with Crippen LogP contribution >= 0.6 is 0 Å². The van der Waals surface area contributed by atoms with Gasteiger partial charge in [0.15, 0.2) is 0 Å². The molecular formula is C10H13NO5. The van der Waals surface area contributed by atoms with E-state index in [9.17, 15) is 14.4 Å². The number of hydrogen-bond acceptors (Lipinski definition) is 3. The Hall–Kier alpha value is -1.85. The standard InChI is InChI=1S/C10H13NO5/c1-2-3-7(10(15)16)11-5-6(9(13)14)4-8(11)12/h2,6-7H,1,3-5H2,(H,13,14)(H,15,16)/t6?,7-/m0/s1. The number of amides is 1. The van der Waals surface area contributed by atoms with Crippen molar-refractivity contribution in [1.29, 1.82) is 0 Å². The molecule has 1 fully saturated rings. The summed E-state index contributed by atoms with van der Waals surface area (Å²) in [6, 6.07) is -1.01. The van der Waals surface area contributed by atoms with E-state index in [0.29, 0.717) is 0 Å². The Morgan fingerprint density at radius 3 is 2.56 bits per heavy atom. The summed E-state index contributed by atoms with van der Waals surface area (Å²) in [5.74, 6) is -3.45. The number of carboxylic acids is 2. The second kappa shape index (κ2) is 4.78. The normalized spacial score (nSPS) is 21.9. The molecule has 0 aromatic rings. The molecule has 2 atom stereocenters. The second-order valence-corrected chi connectivity index (χ2v) is 3.66. The van der Waals surface area contributed by atoms with Crippen LogP contribution in [0.2, 0.25) is 0 Å². The van der Waals surface area contributed by atoms with Gasteiger partial charge in [0, 0.05) is 13.0 Å². The lowest BCUT2D eigenvalue weighted by Gasteiger charge is -2.23. The minimum atomic E-state index is -1.14. The van der Waals surface area contributed by atoms with Crippen LogP contribution in [0.5, 0.6) is 0 Å². The highest BCUT2D eigenvalue weighted by Crippen LogP contribution is 2.22. The van der Waals surface area contributed by atoms with E-state index < -0.39 is 29.8 Å². The lowest BCUT2D eigenvalue weighted by molar-refractivity contribution is -0.148. The molecular weight excluding hydrogens is 214 g/mol. The van der Waals surface area contributed by atoms with Crippen LogP contribution in [0.25, 0.3) is 0 Å². The number of aliphatic carboxylic acids is 2. The number of carboxylic acid groups (broad SMARTS) is 2. The van der Waals surface area contributed by atoms with E-state index in [0.717, 1.165) is 4.90 Å². The lowest BCUT2D eigenvalue weighted by Crippen LogP contribution is -2.42. The number of nitrogens with zero attached hydrogens (tertiary/aromatic N) is 1. The maximum atomic E-state index is 11.5. The van der Waals surface area contributed by atoms with Crippen molar-refractivity contribution >= 4 is 17.8 Å². The van der Waals surface area contributed by atoms with Crippen molar-refractivity contribution in [3.8, 4) is 0 Å². The molecule has 1 aliphatic rings. The zero-order chi connectivity index (χ0) is 12.3. The van der Waals surface area contributed by atoms with Crippen molar-refractivity contribution in [3.63, 3.8) is 0 Å². The molecule has 6 heteroatoms. The molecule has 1 amide bonds. The summed E-state index contributed by atoms with van der Waals surface area (Å²) in [6.45, 7) is 3.37. The summed E-state index contributed by atoms with van der Waals surface area (Å²) in [5.41, 5.74) is 0. The Bertz CT molecular complexity index is 338. The molecule has 2 N–H and O–H groups in total. The minimum Gasteiger partial charge on any atom is -0.481 e. The lowest BCUT2D eigenvalue weighted by atomic mass is 10.1. The van der Waals surface area contributed by atoms with E-state index in [-0.39, 0.29) is 19.4 Å². The highest BCUT2D eigenvalue weighted by molar-refractivity contribution is 5.89. The van der Waals surface area contributed by atoms with Gasteiger partial charge in [-0.1, -0.05) is 6.08 Å². The highest BCUT2D eigenvalue weighted by atomic mass is 16.4. The maximum absolute atomic E-state index is 11.5. The molecule has 1 unspecified atom stereocenters. The second-order valence-electron chi connectivity index (χ2n) is 3.66. The first-order valence-electron chi connectivity index (χ1n) is 4.83.